The third kappa shape index (κ3) is 5.65. The van der Waals surface area contributed by atoms with Crippen molar-refractivity contribution in [1.29, 1.82) is 0 Å². The number of likely N-dealkylation sites (tertiary alicyclic amines) is 1. The highest BCUT2D eigenvalue weighted by atomic mass is 35.5. The van der Waals surface area contributed by atoms with Crippen LogP contribution in [0.15, 0.2) is 72.8 Å². The number of nitrogens with zero attached hydrogens (tertiary/aromatic N) is 4. The number of nitrogens with two attached hydrogens (primary N) is 1. The van der Waals surface area contributed by atoms with E-state index in [1.165, 1.54) is 21.0 Å². The Hall–Kier alpha value is -3.76. The van der Waals surface area contributed by atoms with Crippen LogP contribution in [0.2, 0.25) is 5.02 Å². The molecule has 9 nitrogen and oxygen atoms in total. The number of rotatable bonds is 6. The number of hydrogen-bond acceptors (Lipinski definition) is 7. The summed E-state index contributed by atoms with van der Waals surface area (Å²) in [7, 11) is 0. The lowest BCUT2D eigenvalue weighted by Gasteiger charge is -2.43. The molecule has 2 amide bonds. The Kier molecular flexibility index (Phi) is 8.24. The number of aliphatic hydroxyl groups excluding tert-OH is 1. The largest absolute Gasteiger partial charge is 0.391 e. The van der Waals surface area contributed by atoms with Crippen LogP contribution in [-0.2, 0) is 9.59 Å². The molecular formula is C33H36ClN5O4. The van der Waals surface area contributed by atoms with Gasteiger partial charge in [-0.1, -0.05) is 72.3 Å². The fraction of sp³-hybridized carbons (Fsp3) is 0.364. The van der Waals surface area contributed by atoms with E-state index in [0.29, 0.717) is 49.4 Å². The molecule has 43 heavy (non-hydrogen) atoms. The molecule has 0 spiro atoms. The highest BCUT2D eigenvalue weighted by Crippen LogP contribution is 2.40. The normalized spacial score (nSPS) is 22.3. The van der Waals surface area contributed by atoms with E-state index in [1.807, 2.05) is 48.2 Å². The monoisotopic (exact) mass is 601 g/mol. The fourth-order valence-electron chi connectivity index (χ4n) is 6.68. The highest BCUT2D eigenvalue weighted by molar-refractivity contribution is 6.39. The van der Waals surface area contributed by atoms with E-state index >= 15 is 0 Å². The van der Waals surface area contributed by atoms with Crippen molar-refractivity contribution in [3.63, 3.8) is 0 Å². The van der Waals surface area contributed by atoms with Gasteiger partial charge in [0.25, 0.3) is 11.8 Å². The Morgan fingerprint density at radius 2 is 1.56 bits per heavy atom. The van der Waals surface area contributed by atoms with E-state index in [-0.39, 0.29) is 36.1 Å². The maximum Gasteiger partial charge on any atom is 0.290 e. The topological polar surface area (TPSA) is 110 Å². The molecular weight excluding hydrogens is 566 g/mol. The van der Waals surface area contributed by atoms with Crippen molar-refractivity contribution in [2.24, 2.45) is 5.84 Å². The van der Waals surface area contributed by atoms with Crippen LogP contribution in [0.3, 0.4) is 0 Å². The molecule has 3 atom stereocenters. The number of hydrogen-bond donors (Lipinski definition) is 2. The Morgan fingerprint density at radius 1 is 0.907 bits per heavy atom. The zero-order chi connectivity index (χ0) is 30.2. The van der Waals surface area contributed by atoms with Crippen molar-refractivity contribution in [2.75, 3.05) is 44.3 Å². The minimum atomic E-state index is -0.819. The fourth-order valence-corrected chi connectivity index (χ4v) is 6.92. The van der Waals surface area contributed by atoms with Gasteiger partial charge in [-0.3, -0.25) is 19.3 Å². The molecule has 0 aromatic heterocycles. The second kappa shape index (κ2) is 12.1. The average Bonchev–Trinajstić information content (AvgIpc) is 3.59. The zero-order valence-electron chi connectivity index (χ0n) is 24.1. The molecule has 2 saturated heterocycles. The molecule has 3 heterocycles. The number of anilines is 1. The molecule has 3 N–H and O–H groups in total. The van der Waals surface area contributed by atoms with Crippen molar-refractivity contribution in [3.8, 4) is 0 Å². The third-order valence-electron chi connectivity index (χ3n) is 8.90. The molecule has 3 aromatic carbocycles. The van der Waals surface area contributed by atoms with Crippen molar-refractivity contribution in [3.05, 3.63) is 100 Å². The summed E-state index contributed by atoms with van der Waals surface area (Å²) in [6.45, 7) is 4.46. The number of amides is 2. The smallest absolute Gasteiger partial charge is 0.290 e. The summed E-state index contributed by atoms with van der Waals surface area (Å²) in [4.78, 5) is 45.9. The minimum absolute atomic E-state index is 0.0576. The molecule has 0 saturated carbocycles. The van der Waals surface area contributed by atoms with Crippen LogP contribution in [0.4, 0.5) is 5.69 Å². The van der Waals surface area contributed by atoms with Crippen molar-refractivity contribution >= 4 is 34.9 Å². The summed E-state index contributed by atoms with van der Waals surface area (Å²) in [6, 6.07) is 24.0. The second-order valence-electron chi connectivity index (χ2n) is 11.7. The van der Waals surface area contributed by atoms with Gasteiger partial charge < -0.3 is 19.9 Å². The van der Waals surface area contributed by atoms with Gasteiger partial charge in [0.2, 0.25) is 5.78 Å². The zero-order valence-corrected chi connectivity index (χ0v) is 24.9. The van der Waals surface area contributed by atoms with E-state index in [9.17, 15) is 19.5 Å². The number of carbonyl (C=O) groups excluding carboxylic acids is 3. The van der Waals surface area contributed by atoms with Crippen molar-refractivity contribution < 1.29 is 19.5 Å². The van der Waals surface area contributed by atoms with Gasteiger partial charge >= 0.3 is 0 Å². The lowest BCUT2D eigenvalue weighted by molar-refractivity contribution is -0.144. The number of benzene rings is 3. The van der Waals surface area contributed by atoms with Gasteiger partial charge in [-0.15, -0.1) is 0 Å². The van der Waals surface area contributed by atoms with E-state index < -0.39 is 23.7 Å². The molecule has 0 aliphatic carbocycles. The SMILES string of the molecule is C[C@@H]1CN(C(c2ccccc2)c2ccccc2)CCN1C(=O)c1cc2c(cc1Cl)N(N)CC2C(=O)C(=O)N1CC[C@@H](O)C1. The second-order valence-corrected chi connectivity index (χ2v) is 12.1. The summed E-state index contributed by atoms with van der Waals surface area (Å²) in [5.41, 5.74) is 3.73. The summed E-state index contributed by atoms with van der Waals surface area (Å²) in [5.74, 6) is 3.94. The van der Waals surface area contributed by atoms with E-state index in [2.05, 4.69) is 29.2 Å². The van der Waals surface area contributed by atoms with Crippen LogP contribution in [0.5, 0.6) is 0 Å². The van der Waals surface area contributed by atoms with E-state index in [0.717, 1.165) is 0 Å². The Labute approximate surface area is 256 Å². The van der Waals surface area contributed by atoms with Crippen molar-refractivity contribution in [1.82, 2.24) is 14.7 Å². The Balaban J connectivity index is 1.22. The van der Waals surface area contributed by atoms with Crippen LogP contribution in [0.1, 0.15) is 52.4 Å². The molecule has 224 valence electrons. The van der Waals surface area contributed by atoms with Crippen LogP contribution in [0.25, 0.3) is 0 Å². The van der Waals surface area contributed by atoms with E-state index in [4.69, 9.17) is 17.4 Å². The number of halogens is 1. The molecule has 10 heteroatoms. The predicted octanol–water partition coefficient (Wildman–Crippen LogP) is 3.22. The predicted molar refractivity (Wildman–Crippen MR) is 165 cm³/mol. The maximum atomic E-state index is 14.0. The summed E-state index contributed by atoms with van der Waals surface area (Å²) in [5, 5.41) is 11.5. The maximum absolute atomic E-state index is 14.0. The third-order valence-corrected chi connectivity index (χ3v) is 9.22. The molecule has 0 radical (unpaired) electrons. The number of fused-ring (bicyclic) bond motifs is 1. The number of β-amino-alcohol motifs (C(OH)–C–C–N with tert-alkyl or cyclic N) is 1. The van der Waals surface area contributed by atoms with Gasteiger partial charge in [0.1, 0.15) is 0 Å². The van der Waals surface area contributed by atoms with Gasteiger partial charge in [-0.2, -0.15) is 0 Å². The number of piperazine rings is 1. The standard InChI is InChI=1S/C33H36ClN5O4/c1-21-18-36(30(22-8-4-2-5-9-22)23-10-6-3-7-11-23)14-15-38(21)32(42)26-16-25-27(20-39(35)29(25)17-28(26)34)31(41)33(43)37-13-12-24(40)19-37/h2-11,16-17,21,24,27,30,40H,12-15,18-20,35H2,1H3/t21-,24-,27?/m1/s1. The Morgan fingerprint density at radius 3 is 2.14 bits per heavy atom. The lowest BCUT2D eigenvalue weighted by Crippen LogP contribution is -2.54. The number of Topliss-reactive ketones (excluding diaryl/α,β-unsaturated/α-hetero) is 1. The number of aliphatic hydroxyl groups is 1. The molecule has 0 bridgehead atoms. The van der Waals surface area contributed by atoms with Crippen LogP contribution in [-0.4, -0.2) is 88.8 Å². The number of carbonyl (C=O) groups is 3. The molecule has 6 rings (SSSR count). The quantitative estimate of drug-likeness (QED) is 0.330. The summed E-state index contributed by atoms with van der Waals surface area (Å²) in [6.07, 6.45) is -0.180. The van der Waals surface area contributed by atoms with E-state index in [1.54, 1.807) is 12.1 Å². The van der Waals surface area contributed by atoms with Gasteiger partial charge in [0.15, 0.2) is 0 Å². The molecule has 3 aliphatic heterocycles. The van der Waals surface area contributed by atoms with Gasteiger partial charge in [-0.25, -0.2) is 5.84 Å². The molecule has 3 aromatic rings. The summed E-state index contributed by atoms with van der Waals surface area (Å²) < 4.78 is 0. The number of ketones is 1. The first-order chi connectivity index (χ1) is 20.7. The molecule has 2 fully saturated rings. The van der Waals surface area contributed by atoms with Crippen molar-refractivity contribution in [2.45, 2.75) is 37.5 Å². The van der Waals surface area contributed by atoms with Crippen LogP contribution < -0.4 is 10.9 Å². The summed E-state index contributed by atoms with van der Waals surface area (Å²) >= 11 is 6.66. The average molecular weight is 602 g/mol. The first kappa shape index (κ1) is 29.3. The van der Waals surface area contributed by atoms with Gasteiger partial charge in [-0.05, 0) is 42.2 Å². The molecule has 3 aliphatic rings. The van der Waals surface area contributed by atoms with Gasteiger partial charge in [0.05, 0.1) is 34.3 Å². The number of hydrazine groups is 1. The van der Waals surface area contributed by atoms with Crippen LogP contribution in [0, 0.1) is 0 Å². The lowest BCUT2D eigenvalue weighted by atomic mass is 9.93. The minimum Gasteiger partial charge on any atom is -0.391 e. The van der Waals surface area contributed by atoms with Crippen LogP contribution >= 0.6 is 11.6 Å². The first-order valence-electron chi connectivity index (χ1n) is 14.7. The first-order valence-corrected chi connectivity index (χ1v) is 15.1. The Bertz CT molecular complexity index is 1480. The molecule has 1 unspecified atom stereocenters. The van der Waals surface area contributed by atoms with Gasteiger partial charge in [0, 0.05) is 45.3 Å². The highest BCUT2D eigenvalue weighted by Gasteiger charge is 2.41.